The molecule has 0 aliphatic heterocycles. The molecule has 2 unspecified atom stereocenters. The first kappa shape index (κ1) is 14.1. The predicted molar refractivity (Wildman–Crippen MR) is 74.4 cm³/mol. The van der Waals surface area contributed by atoms with Crippen molar-refractivity contribution in [3.8, 4) is 0 Å². The SMILES string of the molecule is CC(C)NC1(C(N)=O)CCCC1CCn1cccn1. The van der Waals surface area contributed by atoms with E-state index < -0.39 is 5.54 Å². The lowest BCUT2D eigenvalue weighted by Crippen LogP contribution is -2.60. The summed E-state index contributed by atoms with van der Waals surface area (Å²) in [6, 6.07) is 2.18. The Hall–Kier alpha value is -1.36. The summed E-state index contributed by atoms with van der Waals surface area (Å²) in [4.78, 5) is 12.0. The molecule has 1 heterocycles. The number of primary amides is 1. The Morgan fingerprint density at radius 1 is 1.63 bits per heavy atom. The molecular formula is C14H24N4O. The zero-order chi connectivity index (χ0) is 13.9. The zero-order valence-corrected chi connectivity index (χ0v) is 11.8. The van der Waals surface area contributed by atoms with Gasteiger partial charge in [-0.1, -0.05) is 6.42 Å². The van der Waals surface area contributed by atoms with Crippen LogP contribution < -0.4 is 11.1 Å². The molecule has 1 aliphatic carbocycles. The average Bonchev–Trinajstić information content (AvgIpc) is 2.95. The summed E-state index contributed by atoms with van der Waals surface area (Å²) in [5.41, 5.74) is 5.17. The fourth-order valence-corrected chi connectivity index (χ4v) is 3.29. The van der Waals surface area contributed by atoms with Gasteiger partial charge in [0.25, 0.3) is 0 Å². The van der Waals surface area contributed by atoms with Crippen LogP contribution in [0.5, 0.6) is 0 Å². The minimum atomic E-state index is -0.526. The number of aryl methyl sites for hydroxylation is 1. The molecule has 5 nitrogen and oxygen atoms in total. The van der Waals surface area contributed by atoms with Crippen molar-refractivity contribution >= 4 is 5.91 Å². The standard InChI is InChI=1S/C14H24N4O/c1-11(2)17-14(13(15)19)7-3-5-12(14)6-10-18-9-4-8-16-18/h4,8-9,11-12,17H,3,5-7,10H2,1-2H3,(H2,15,19). The fourth-order valence-electron chi connectivity index (χ4n) is 3.29. The second kappa shape index (κ2) is 5.74. The molecule has 5 heteroatoms. The number of hydrogen-bond acceptors (Lipinski definition) is 3. The second-order valence-electron chi connectivity index (χ2n) is 5.78. The van der Waals surface area contributed by atoms with Gasteiger partial charge in [0.1, 0.15) is 5.54 Å². The van der Waals surface area contributed by atoms with Crippen molar-refractivity contribution in [1.82, 2.24) is 15.1 Å². The summed E-state index contributed by atoms with van der Waals surface area (Å²) in [7, 11) is 0. The van der Waals surface area contributed by atoms with Gasteiger partial charge in [-0.2, -0.15) is 5.10 Å². The molecule has 0 spiro atoms. The zero-order valence-electron chi connectivity index (χ0n) is 11.8. The van der Waals surface area contributed by atoms with Crippen LogP contribution in [0.15, 0.2) is 18.5 Å². The highest BCUT2D eigenvalue weighted by molar-refractivity contribution is 5.85. The third-order valence-corrected chi connectivity index (χ3v) is 4.07. The number of nitrogens with zero attached hydrogens (tertiary/aromatic N) is 2. The van der Waals surface area contributed by atoms with Crippen molar-refractivity contribution in [3.05, 3.63) is 18.5 Å². The van der Waals surface area contributed by atoms with Crippen molar-refractivity contribution < 1.29 is 4.79 Å². The molecule has 0 saturated heterocycles. The van der Waals surface area contributed by atoms with Gasteiger partial charge in [-0.15, -0.1) is 0 Å². The van der Waals surface area contributed by atoms with Gasteiger partial charge in [0.05, 0.1) is 0 Å². The van der Waals surface area contributed by atoms with Crippen LogP contribution in [0.4, 0.5) is 0 Å². The van der Waals surface area contributed by atoms with Gasteiger partial charge in [0, 0.05) is 25.0 Å². The molecule has 0 aromatic carbocycles. The molecule has 1 fully saturated rings. The topological polar surface area (TPSA) is 72.9 Å². The van der Waals surface area contributed by atoms with E-state index >= 15 is 0 Å². The number of nitrogens with one attached hydrogen (secondary N) is 1. The monoisotopic (exact) mass is 264 g/mol. The van der Waals surface area contributed by atoms with Crippen molar-refractivity contribution in [2.24, 2.45) is 11.7 Å². The van der Waals surface area contributed by atoms with E-state index in [0.717, 1.165) is 32.2 Å². The number of carbonyl (C=O) groups is 1. The van der Waals surface area contributed by atoms with Crippen LogP contribution in [-0.4, -0.2) is 27.3 Å². The number of rotatable bonds is 6. The maximum atomic E-state index is 12.0. The summed E-state index contributed by atoms with van der Waals surface area (Å²) in [6.07, 6.45) is 7.64. The van der Waals surface area contributed by atoms with E-state index in [1.165, 1.54) is 0 Å². The van der Waals surface area contributed by atoms with Crippen LogP contribution in [0.25, 0.3) is 0 Å². The molecule has 1 aromatic rings. The molecular weight excluding hydrogens is 240 g/mol. The smallest absolute Gasteiger partial charge is 0.238 e. The number of carbonyl (C=O) groups excluding carboxylic acids is 1. The molecule has 3 N–H and O–H groups in total. The molecule has 1 aromatic heterocycles. The largest absolute Gasteiger partial charge is 0.368 e. The molecule has 1 saturated carbocycles. The average molecular weight is 264 g/mol. The summed E-state index contributed by atoms with van der Waals surface area (Å²) >= 11 is 0. The summed E-state index contributed by atoms with van der Waals surface area (Å²) in [6.45, 7) is 4.97. The van der Waals surface area contributed by atoms with Crippen LogP contribution in [0.2, 0.25) is 0 Å². The van der Waals surface area contributed by atoms with E-state index in [4.69, 9.17) is 5.73 Å². The Balaban J connectivity index is 2.06. The number of amides is 1. The van der Waals surface area contributed by atoms with Crippen LogP contribution in [0.3, 0.4) is 0 Å². The van der Waals surface area contributed by atoms with Crippen molar-refractivity contribution in [2.75, 3.05) is 0 Å². The molecule has 19 heavy (non-hydrogen) atoms. The van der Waals surface area contributed by atoms with Crippen LogP contribution in [0.1, 0.15) is 39.5 Å². The molecule has 0 bridgehead atoms. The third-order valence-electron chi connectivity index (χ3n) is 4.07. The number of nitrogens with two attached hydrogens (primary N) is 1. The van der Waals surface area contributed by atoms with Crippen LogP contribution >= 0.6 is 0 Å². The minimum Gasteiger partial charge on any atom is -0.368 e. The quantitative estimate of drug-likeness (QED) is 0.813. The van der Waals surface area contributed by atoms with Gasteiger partial charge in [-0.05, 0) is 45.1 Å². The van der Waals surface area contributed by atoms with E-state index in [9.17, 15) is 4.79 Å². The maximum absolute atomic E-state index is 12.0. The molecule has 0 radical (unpaired) electrons. The highest BCUT2D eigenvalue weighted by Crippen LogP contribution is 2.38. The first-order chi connectivity index (χ1) is 9.04. The predicted octanol–water partition coefficient (Wildman–Crippen LogP) is 1.30. The highest BCUT2D eigenvalue weighted by Gasteiger charge is 2.47. The second-order valence-corrected chi connectivity index (χ2v) is 5.78. The first-order valence-electron chi connectivity index (χ1n) is 7.09. The third kappa shape index (κ3) is 2.97. The number of hydrogen-bond donors (Lipinski definition) is 2. The summed E-state index contributed by atoms with van der Waals surface area (Å²) in [5.74, 6) is 0.0979. The molecule has 2 rings (SSSR count). The Morgan fingerprint density at radius 3 is 3.00 bits per heavy atom. The Kier molecular flexibility index (Phi) is 4.24. The van der Waals surface area contributed by atoms with E-state index in [1.807, 2.05) is 16.9 Å². The van der Waals surface area contributed by atoms with Gasteiger partial charge < -0.3 is 11.1 Å². The molecule has 2 atom stereocenters. The molecule has 1 aliphatic rings. The van der Waals surface area contributed by atoms with Crippen molar-refractivity contribution in [3.63, 3.8) is 0 Å². The van der Waals surface area contributed by atoms with Crippen LogP contribution in [0, 0.1) is 5.92 Å². The maximum Gasteiger partial charge on any atom is 0.238 e. The van der Waals surface area contributed by atoms with E-state index in [2.05, 4.69) is 24.3 Å². The van der Waals surface area contributed by atoms with Gasteiger partial charge in [0.2, 0.25) is 5.91 Å². The first-order valence-corrected chi connectivity index (χ1v) is 7.09. The van der Waals surface area contributed by atoms with E-state index in [1.54, 1.807) is 6.20 Å². The van der Waals surface area contributed by atoms with E-state index in [0.29, 0.717) is 5.92 Å². The van der Waals surface area contributed by atoms with Gasteiger partial charge in [0.15, 0.2) is 0 Å². The van der Waals surface area contributed by atoms with Crippen molar-refractivity contribution in [2.45, 2.75) is 57.7 Å². The molecule has 106 valence electrons. The lowest BCUT2D eigenvalue weighted by molar-refractivity contribution is -0.126. The van der Waals surface area contributed by atoms with Gasteiger partial charge in [-0.25, -0.2) is 0 Å². The Labute approximate surface area is 114 Å². The van der Waals surface area contributed by atoms with Gasteiger partial charge >= 0.3 is 0 Å². The van der Waals surface area contributed by atoms with Crippen molar-refractivity contribution in [1.29, 1.82) is 0 Å². The minimum absolute atomic E-state index is 0.204. The molecule has 1 amide bonds. The van der Waals surface area contributed by atoms with E-state index in [-0.39, 0.29) is 11.9 Å². The summed E-state index contributed by atoms with van der Waals surface area (Å²) < 4.78 is 1.92. The highest BCUT2D eigenvalue weighted by atomic mass is 16.1. The Morgan fingerprint density at radius 2 is 2.42 bits per heavy atom. The Bertz CT molecular complexity index is 415. The van der Waals surface area contributed by atoms with Crippen LogP contribution in [-0.2, 0) is 11.3 Å². The normalized spacial score (nSPS) is 27.0. The lowest BCUT2D eigenvalue weighted by atomic mass is 9.83. The summed E-state index contributed by atoms with van der Waals surface area (Å²) in [5, 5.41) is 7.64. The number of aromatic nitrogens is 2. The fraction of sp³-hybridized carbons (Fsp3) is 0.714. The lowest BCUT2D eigenvalue weighted by Gasteiger charge is -2.35. The van der Waals surface area contributed by atoms with Gasteiger partial charge in [-0.3, -0.25) is 9.48 Å².